The first-order valence-electron chi connectivity index (χ1n) is 8.33. The van der Waals surface area contributed by atoms with Crippen LogP contribution < -0.4 is 10.6 Å². The minimum atomic E-state index is -1.03. The third-order valence-corrected chi connectivity index (χ3v) is 4.76. The Labute approximate surface area is 142 Å². The predicted octanol–water partition coefficient (Wildman–Crippen LogP) is 4.92. The quantitative estimate of drug-likeness (QED) is 0.745. The molecule has 0 aromatic heterocycles. The Kier molecular flexibility index (Phi) is 6.46. The summed E-state index contributed by atoms with van der Waals surface area (Å²) in [6.45, 7) is 6.61. The van der Waals surface area contributed by atoms with Crippen molar-refractivity contribution in [3.8, 4) is 0 Å². The Morgan fingerprint density at radius 2 is 2.00 bits per heavy atom. The van der Waals surface area contributed by atoms with Gasteiger partial charge >= 0.3 is 0 Å². The van der Waals surface area contributed by atoms with Crippen molar-refractivity contribution in [2.75, 3.05) is 16.9 Å². The molecular formula is C19H28N2OS. The minimum Gasteiger partial charge on any atom is -0.382 e. The number of hydrogen-bond acceptors (Lipinski definition) is 3. The molecule has 2 atom stereocenters. The molecule has 0 radical (unpaired) electrons. The van der Waals surface area contributed by atoms with Gasteiger partial charge < -0.3 is 10.6 Å². The van der Waals surface area contributed by atoms with Crippen LogP contribution in [-0.4, -0.2) is 16.5 Å². The molecule has 0 saturated carbocycles. The molecule has 2 N–H and O–H groups in total. The summed E-state index contributed by atoms with van der Waals surface area (Å²) in [7, 11) is -1.03. The van der Waals surface area contributed by atoms with Crippen molar-refractivity contribution in [1.29, 1.82) is 0 Å². The van der Waals surface area contributed by atoms with E-state index in [0.717, 1.165) is 41.2 Å². The van der Waals surface area contributed by atoms with Crippen LogP contribution in [0.25, 0.3) is 0 Å². The largest absolute Gasteiger partial charge is 0.382 e. The summed E-state index contributed by atoms with van der Waals surface area (Å²) in [4.78, 5) is 0.853. The van der Waals surface area contributed by atoms with Crippen LogP contribution in [-0.2, 0) is 10.8 Å². The average Bonchev–Trinajstić information content (AvgIpc) is 2.48. The fourth-order valence-corrected chi connectivity index (χ4v) is 3.59. The number of anilines is 2. The summed E-state index contributed by atoms with van der Waals surface area (Å²) >= 11 is 0. The van der Waals surface area contributed by atoms with Crippen LogP contribution in [0.1, 0.15) is 40.0 Å². The van der Waals surface area contributed by atoms with E-state index < -0.39 is 10.8 Å². The van der Waals surface area contributed by atoms with Gasteiger partial charge in [-0.3, -0.25) is 4.21 Å². The summed E-state index contributed by atoms with van der Waals surface area (Å²) in [5.74, 6) is 0.638. The molecule has 4 heteroatoms. The molecule has 0 heterocycles. The maximum absolute atomic E-state index is 12.1. The van der Waals surface area contributed by atoms with Crippen molar-refractivity contribution in [1.82, 2.24) is 0 Å². The highest BCUT2D eigenvalue weighted by Crippen LogP contribution is 2.26. The van der Waals surface area contributed by atoms with Gasteiger partial charge in [0.15, 0.2) is 0 Å². The van der Waals surface area contributed by atoms with E-state index in [1.807, 2.05) is 18.2 Å². The van der Waals surface area contributed by atoms with Gasteiger partial charge in [0.05, 0.1) is 21.4 Å². The van der Waals surface area contributed by atoms with E-state index in [4.69, 9.17) is 0 Å². The van der Waals surface area contributed by atoms with E-state index in [2.05, 4.69) is 49.6 Å². The SMILES string of the molecule is CC(C)CC(C)Nc1ccc(NC2=CCCC=C2)cc1S(C)=O. The summed E-state index contributed by atoms with van der Waals surface area (Å²) in [5, 5.41) is 6.91. The molecule has 0 spiro atoms. The fraction of sp³-hybridized carbons (Fsp3) is 0.474. The van der Waals surface area contributed by atoms with E-state index in [-0.39, 0.29) is 0 Å². The molecule has 1 aromatic carbocycles. The molecule has 3 nitrogen and oxygen atoms in total. The topological polar surface area (TPSA) is 41.1 Å². The van der Waals surface area contributed by atoms with Crippen molar-refractivity contribution in [2.24, 2.45) is 5.92 Å². The van der Waals surface area contributed by atoms with Gasteiger partial charge in [-0.15, -0.1) is 0 Å². The molecular weight excluding hydrogens is 304 g/mol. The summed E-state index contributed by atoms with van der Waals surface area (Å²) in [6, 6.07) is 6.43. The Morgan fingerprint density at radius 3 is 2.61 bits per heavy atom. The molecule has 0 saturated heterocycles. The van der Waals surface area contributed by atoms with E-state index in [1.165, 1.54) is 0 Å². The zero-order valence-electron chi connectivity index (χ0n) is 14.6. The van der Waals surface area contributed by atoms with Gasteiger partial charge in [0, 0.05) is 23.7 Å². The molecule has 126 valence electrons. The first-order chi connectivity index (χ1) is 11.0. The lowest BCUT2D eigenvalue weighted by Crippen LogP contribution is -2.18. The first-order valence-corrected chi connectivity index (χ1v) is 9.89. The molecule has 2 unspecified atom stereocenters. The Hall–Kier alpha value is -1.55. The molecule has 2 rings (SSSR count). The second kappa shape index (κ2) is 8.34. The van der Waals surface area contributed by atoms with Crippen molar-refractivity contribution in [2.45, 2.75) is 51.0 Å². The first kappa shape index (κ1) is 17.8. The monoisotopic (exact) mass is 332 g/mol. The van der Waals surface area contributed by atoms with Crippen LogP contribution in [0.3, 0.4) is 0 Å². The van der Waals surface area contributed by atoms with Crippen LogP contribution in [0, 0.1) is 5.92 Å². The lowest BCUT2D eigenvalue weighted by atomic mass is 10.1. The molecule has 0 fully saturated rings. The molecule has 0 aliphatic heterocycles. The van der Waals surface area contributed by atoms with Gasteiger partial charge in [0.2, 0.25) is 0 Å². The van der Waals surface area contributed by atoms with Crippen LogP contribution in [0.2, 0.25) is 0 Å². The number of rotatable bonds is 7. The average molecular weight is 333 g/mol. The zero-order chi connectivity index (χ0) is 16.8. The maximum atomic E-state index is 12.1. The summed E-state index contributed by atoms with van der Waals surface area (Å²) in [5.41, 5.74) is 3.06. The Morgan fingerprint density at radius 1 is 1.22 bits per heavy atom. The second-order valence-electron chi connectivity index (χ2n) is 6.60. The molecule has 1 aliphatic rings. The van der Waals surface area contributed by atoms with E-state index >= 15 is 0 Å². The maximum Gasteiger partial charge on any atom is 0.0637 e. The number of nitrogens with one attached hydrogen (secondary N) is 2. The standard InChI is InChI=1S/C19H28N2OS/c1-14(2)12-15(3)20-18-11-10-17(13-19(18)23(4)22)21-16-8-6-5-7-9-16/h6,8-11,13-15,20-21H,5,7,12H2,1-4H3. The normalized spacial score (nSPS) is 16.8. The minimum absolute atomic E-state index is 0.361. The van der Waals surface area contributed by atoms with Gasteiger partial charge in [0.1, 0.15) is 0 Å². The Bertz CT molecular complexity index is 620. The van der Waals surface area contributed by atoms with Crippen LogP contribution >= 0.6 is 0 Å². The highest BCUT2D eigenvalue weighted by molar-refractivity contribution is 7.84. The van der Waals surface area contributed by atoms with Crippen molar-refractivity contribution in [3.63, 3.8) is 0 Å². The van der Waals surface area contributed by atoms with Gasteiger partial charge in [-0.2, -0.15) is 0 Å². The lowest BCUT2D eigenvalue weighted by molar-refractivity contribution is 0.539. The second-order valence-corrected chi connectivity index (χ2v) is 7.95. The third kappa shape index (κ3) is 5.54. The van der Waals surface area contributed by atoms with Crippen molar-refractivity contribution >= 4 is 22.2 Å². The van der Waals surface area contributed by atoms with E-state index in [0.29, 0.717) is 12.0 Å². The molecule has 1 aromatic rings. The third-order valence-electron chi connectivity index (χ3n) is 3.80. The van der Waals surface area contributed by atoms with Crippen LogP contribution in [0.5, 0.6) is 0 Å². The van der Waals surface area contributed by atoms with Gasteiger partial charge in [0.25, 0.3) is 0 Å². The van der Waals surface area contributed by atoms with Gasteiger partial charge in [-0.1, -0.05) is 26.0 Å². The molecule has 0 bridgehead atoms. The van der Waals surface area contributed by atoms with Crippen LogP contribution in [0.4, 0.5) is 11.4 Å². The Balaban J connectivity index is 2.16. The summed E-state index contributed by atoms with van der Waals surface area (Å²) in [6.07, 6.45) is 11.5. The van der Waals surface area contributed by atoms with E-state index in [1.54, 1.807) is 6.26 Å². The highest BCUT2D eigenvalue weighted by Gasteiger charge is 2.12. The summed E-state index contributed by atoms with van der Waals surface area (Å²) < 4.78 is 12.1. The number of allylic oxidation sites excluding steroid dienone is 3. The van der Waals surface area contributed by atoms with Crippen molar-refractivity contribution < 1.29 is 4.21 Å². The molecule has 1 aliphatic carbocycles. The molecule has 0 amide bonds. The van der Waals surface area contributed by atoms with Crippen molar-refractivity contribution in [3.05, 3.63) is 42.1 Å². The van der Waals surface area contributed by atoms with Crippen LogP contribution in [0.15, 0.2) is 47.0 Å². The molecule has 23 heavy (non-hydrogen) atoms. The van der Waals surface area contributed by atoms with Gasteiger partial charge in [-0.05, 0) is 56.4 Å². The van der Waals surface area contributed by atoms with Gasteiger partial charge in [-0.25, -0.2) is 0 Å². The fourth-order valence-electron chi connectivity index (χ4n) is 2.86. The number of hydrogen-bond donors (Lipinski definition) is 2. The number of benzene rings is 1. The smallest absolute Gasteiger partial charge is 0.0637 e. The predicted molar refractivity (Wildman–Crippen MR) is 101 cm³/mol. The zero-order valence-corrected chi connectivity index (χ0v) is 15.4. The highest BCUT2D eigenvalue weighted by atomic mass is 32.2. The van der Waals surface area contributed by atoms with E-state index in [9.17, 15) is 4.21 Å². The lowest BCUT2D eigenvalue weighted by Gasteiger charge is -2.20.